The van der Waals surface area contributed by atoms with Crippen LogP contribution in [0.2, 0.25) is 0 Å². The van der Waals surface area contributed by atoms with E-state index in [9.17, 15) is 23.7 Å². The lowest BCUT2D eigenvalue weighted by Crippen LogP contribution is -2.43. The zero-order chi connectivity index (χ0) is 18.2. The number of ketones is 1. The molecule has 25 heavy (non-hydrogen) atoms. The largest absolute Gasteiger partial charge is 0.497 e. The number of Topliss-reactive ketones (excluding diaryl/α,β-unsaturated/α-hetero) is 1. The van der Waals surface area contributed by atoms with Crippen molar-refractivity contribution in [3.63, 3.8) is 0 Å². The molecule has 1 saturated carbocycles. The van der Waals surface area contributed by atoms with E-state index in [1.807, 2.05) is 0 Å². The molecule has 7 heteroatoms. The van der Waals surface area contributed by atoms with E-state index in [2.05, 4.69) is 0 Å². The van der Waals surface area contributed by atoms with Gasteiger partial charge in [0.25, 0.3) is 12.0 Å². The van der Waals surface area contributed by atoms with Crippen LogP contribution in [0.4, 0.5) is 8.78 Å². The molecule has 5 nitrogen and oxygen atoms in total. The molecule has 0 aromatic heterocycles. The molecule has 0 bridgehead atoms. The number of hydrogen-bond donors (Lipinski definition) is 0. The summed E-state index contributed by atoms with van der Waals surface area (Å²) in [7, 11) is 1.44. The number of benzene rings is 2. The van der Waals surface area contributed by atoms with Crippen LogP contribution in [0, 0.1) is 10.1 Å². The van der Waals surface area contributed by atoms with Crippen molar-refractivity contribution in [3.05, 3.63) is 75.8 Å². The van der Waals surface area contributed by atoms with Crippen molar-refractivity contribution >= 4 is 5.78 Å². The fraction of sp³-hybridized carbons (Fsp3) is 0.278. The second kappa shape index (κ2) is 5.91. The van der Waals surface area contributed by atoms with Crippen molar-refractivity contribution in [3.8, 4) is 5.75 Å². The molecule has 1 aliphatic rings. The van der Waals surface area contributed by atoms with Gasteiger partial charge in [0, 0.05) is 16.9 Å². The van der Waals surface area contributed by atoms with Crippen molar-refractivity contribution in [2.75, 3.05) is 7.11 Å². The van der Waals surface area contributed by atoms with Gasteiger partial charge in [-0.3, -0.25) is 14.9 Å². The van der Waals surface area contributed by atoms with Gasteiger partial charge in [-0.05, 0) is 29.8 Å². The average Bonchev–Trinajstić information content (AvgIpc) is 3.35. The summed E-state index contributed by atoms with van der Waals surface area (Å²) in [5, 5.41) is 11.7. The Labute approximate surface area is 142 Å². The number of nitro groups is 1. The summed E-state index contributed by atoms with van der Waals surface area (Å²) in [5.74, 6) is -0.449. The van der Waals surface area contributed by atoms with Crippen LogP contribution in [0.5, 0.6) is 5.75 Å². The lowest BCUT2D eigenvalue weighted by atomic mass is 9.87. The molecule has 2 aromatic carbocycles. The zero-order valence-electron chi connectivity index (χ0n) is 13.3. The van der Waals surface area contributed by atoms with Gasteiger partial charge in [-0.25, -0.2) is 8.78 Å². The highest BCUT2D eigenvalue weighted by Crippen LogP contribution is 2.64. The third-order valence-electron chi connectivity index (χ3n) is 4.85. The van der Waals surface area contributed by atoms with Gasteiger partial charge in [0.05, 0.1) is 7.11 Å². The van der Waals surface area contributed by atoms with Crippen LogP contribution in [0.25, 0.3) is 0 Å². The number of carbonyl (C=O) groups is 1. The van der Waals surface area contributed by atoms with Gasteiger partial charge in [0.2, 0.25) is 5.78 Å². The average molecular weight is 347 g/mol. The number of carbonyl (C=O) groups excluding carboxylic acids is 1. The van der Waals surface area contributed by atoms with E-state index in [1.54, 1.807) is 6.07 Å². The molecule has 0 spiro atoms. The molecule has 0 N–H and O–H groups in total. The Bertz CT molecular complexity index is 810. The fourth-order valence-electron chi connectivity index (χ4n) is 3.39. The Hall–Kier alpha value is -2.83. The lowest BCUT2D eigenvalue weighted by molar-refractivity contribution is -0.526. The van der Waals surface area contributed by atoms with Crippen LogP contribution < -0.4 is 4.74 Å². The number of nitrogens with zero attached hydrogens (tertiary/aromatic N) is 1. The van der Waals surface area contributed by atoms with Crippen molar-refractivity contribution in [2.45, 2.75) is 23.8 Å². The quantitative estimate of drug-likeness (QED) is 0.456. The summed E-state index contributed by atoms with van der Waals surface area (Å²) in [4.78, 5) is 23.7. The molecular weight excluding hydrogens is 332 g/mol. The van der Waals surface area contributed by atoms with Crippen molar-refractivity contribution in [1.82, 2.24) is 0 Å². The number of halogens is 2. The van der Waals surface area contributed by atoms with Gasteiger partial charge in [-0.15, -0.1) is 0 Å². The van der Waals surface area contributed by atoms with Crippen LogP contribution in [0.1, 0.15) is 22.3 Å². The smallest absolute Gasteiger partial charge is 0.300 e. The Kier molecular flexibility index (Phi) is 4.02. The normalized spacial score (nSPS) is 24.8. The molecule has 1 fully saturated rings. The minimum Gasteiger partial charge on any atom is -0.497 e. The third-order valence-corrected chi connectivity index (χ3v) is 4.85. The fourth-order valence-corrected chi connectivity index (χ4v) is 3.39. The first kappa shape index (κ1) is 17.0. The second-order valence-corrected chi connectivity index (χ2v) is 5.99. The Balaban J connectivity index is 2.09. The highest BCUT2D eigenvalue weighted by molar-refractivity contribution is 6.06. The van der Waals surface area contributed by atoms with Crippen molar-refractivity contribution in [2.24, 2.45) is 0 Å². The summed E-state index contributed by atoms with van der Waals surface area (Å²) in [6, 6.07) is 13.1. The first-order valence-corrected chi connectivity index (χ1v) is 7.57. The molecule has 0 aliphatic heterocycles. The SMILES string of the molecule is COc1ccc(C(=O)[C@]2([N+](=O)[O-])C[C@]2(c2ccccc2)C(F)F)cc1. The molecule has 0 unspecified atom stereocenters. The van der Waals surface area contributed by atoms with E-state index in [0.29, 0.717) is 5.75 Å². The second-order valence-electron chi connectivity index (χ2n) is 5.99. The molecule has 0 amide bonds. The maximum atomic E-state index is 13.9. The maximum Gasteiger partial charge on any atom is 0.300 e. The lowest BCUT2D eigenvalue weighted by Gasteiger charge is -2.19. The molecule has 0 heterocycles. The van der Waals surface area contributed by atoms with Gasteiger partial charge in [0.1, 0.15) is 11.2 Å². The number of methoxy groups -OCH3 is 1. The summed E-state index contributed by atoms with van der Waals surface area (Å²) < 4.78 is 32.8. The minimum atomic E-state index is -3.04. The highest BCUT2D eigenvalue weighted by Gasteiger charge is 2.87. The first-order valence-electron chi connectivity index (χ1n) is 7.57. The van der Waals surface area contributed by atoms with Crippen LogP contribution in [-0.2, 0) is 5.41 Å². The Morgan fingerprint density at radius 2 is 1.76 bits per heavy atom. The molecule has 0 radical (unpaired) electrons. The van der Waals surface area contributed by atoms with Crippen LogP contribution in [0.15, 0.2) is 54.6 Å². The van der Waals surface area contributed by atoms with Crippen LogP contribution >= 0.6 is 0 Å². The van der Waals surface area contributed by atoms with E-state index in [-0.39, 0.29) is 11.1 Å². The van der Waals surface area contributed by atoms with Crippen LogP contribution in [0.3, 0.4) is 0 Å². The van der Waals surface area contributed by atoms with Crippen molar-refractivity contribution < 1.29 is 23.2 Å². The molecule has 2 atom stereocenters. The minimum absolute atomic E-state index is 0.0101. The third kappa shape index (κ3) is 2.30. The van der Waals surface area contributed by atoms with Gasteiger partial charge in [-0.2, -0.15) is 0 Å². The standard InChI is InChI=1S/C18H15F2NO4/c1-25-14-9-7-12(8-10-14)15(22)18(21(23)24)11-17(18,16(19)20)13-5-3-2-4-6-13/h2-10,16H,11H2,1H3/t17-,18+/m0/s1. The monoisotopic (exact) mass is 347 g/mol. The molecular formula is C18H15F2NO4. The summed E-state index contributed by atoms with van der Waals surface area (Å²) in [6.07, 6.45) is -3.57. The van der Waals surface area contributed by atoms with Crippen molar-refractivity contribution in [1.29, 1.82) is 0 Å². The van der Waals surface area contributed by atoms with E-state index in [1.165, 1.54) is 55.6 Å². The summed E-state index contributed by atoms with van der Waals surface area (Å²) >= 11 is 0. The van der Waals surface area contributed by atoms with Crippen LogP contribution in [-0.4, -0.2) is 29.8 Å². The molecule has 1 aliphatic carbocycles. The summed E-state index contributed by atoms with van der Waals surface area (Å²) in [5.41, 5.74) is -4.37. The van der Waals surface area contributed by atoms with E-state index >= 15 is 0 Å². The van der Waals surface area contributed by atoms with Gasteiger partial charge in [0.15, 0.2) is 0 Å². The topological polar surface area (TPSA) is 69.4 Å². The zero-order valence-corrected chi connectivity index (χ0v) is 13.3. The first-order chi connectivity index (χ1) is 11.9. The Morgan fingerprint density at radius 1 is 1.16 bits per heavy atom. The number of hydrogen-bond acceptors (Lipinski definition) is 4. The van der Waals surface area contributed by atoms with Gasteiger partial charge >= 0.3 is 0 Å². The Morgan fingerprint density at radius 3 is 2.24 bits per heavy atom. The van der Waals surface area contributed by atoms with Gasteiger partial charge in [-0.1, -0.05) is 30.3 Å². The number of ether oxygens (including phenoxy) is 1. The predicted octanol–water partition coefficient (Wildman–Crippen LogP) is 3.50. The maximum absolute atomic E-state index is 13.9. The van der Waals surface area contributed by atoms with E-state index in [0.717, 1.165) is 0 Å². The predicted molar refractivity (Wildman–Crippen MR) is 85.8 cm³/mol. The molecule has 0 saturated heterocycles. The number of alkyl halides is 2. The van der Waals surface area contributed by atoms with Gasteiger partial charge < -0.3 is 4.74 Å². The highest BCUT2D eigenvalue weighted by atomic mass is 19.3. The summed E-state index contributed by atoms with van der Waals surface area (Å²) in [6.45, 7) is 0. The molecule has 3 rings (SSSR count). The molecule has 2 aromatic rings. The number of rotatable bonds is 6. The van der Waals surface area contributed by atoms with E-state index in [4.69, 9.17) is 4.74 Å². The van der Waals surface area contributed by atoms with E-state index < -0.39 is 34.5 Å². The molecule has 130 valence electrons.